The molecule has 1 aromatic carbocycles. The van der Waals surface area contributed by atoms with E-state index in [2.05, 4.69) is 18.7 Å². The minimum atomic E-state index is 0. The van der Waals surface area contributed by atoms with Crippen LogP contribution in [0.4, 0.5) is 0 Å². The smallest absolute Gasteiger partial charge is 0 e. The quantitative estimate of drug-likeness (QED) is 0.278. The zero-order chi connectivity index (χ0) is 8.39. The summed E-state index contributed by atoms with van der Waals surface area (Å²) in [5.41, 5.74) is 4.65. The molecule has 0 spiro atoms. The summed E-state index contributed by atoms with van der Waals surface area (Å²) in [6.07, 6.45) is 8.38. The molecule has 1 aromatic rings. The fourth-order valence-corrected chi connectivity index (χ4v) is 2.06. The monoisotopic (exact) mass is 409 g/mol. The molecular weight excluding hydrogens is 394 g/mol. The first kappa shape index (κ1) is 17.9. The Kier molecular flexibility index (Phi) is 10.4. The SMILES string of the molecule is C=CCc1cc2c([cH-]1)CCCC2.[Cl-].[Cl-].[Hf]. The van der Waals surface area contributed by atoms with Crippen molar-refractivity contribution in [3.05, 3.63) is 41.5 Å². The number of allylic oxidation sites excluding steroid dienone is 1. The second kappa shape index (κ2) is 8.66. The number of rotatable bonds is 2. The number of aryl methyl sites for hydroxylation is 2. The number of hydrogen-bond donors (Lipinski definition) is 0. The summed E-state index contributed by atoms with van der Waals surface area (Å²) in [7, 11) is 0. The Hall–Kier alpha value is 0.540. The van der Waals surface area contributed by atoms with E-state index in [-0.39, 0.29) is 50.7 Å². The van der Waals surface area contributed by atoms with Gasteiger partial charge in [0.15, 0.2) is 0 Å². The second-order valence-electron chi connectivity index (χ2n) is 3.61. The molecule has 0 N–H and O–H groups in total. The van der Waals surface area contributed by atoms with Gasteiger partial charge in [-0.25, -0.2) is 6.07 Å². The second-order valence-corrected chi connectivity index (χ2v) is 3.61. The zero-order valence-electron chi connectivity index (χ0n) is 8.73. The number of hydrogen-bond acceptors (Lipinski definition) is 0. The van der Waals surface area contributed by atoms with Crippen molar-refractivity contribution in [1.82, 2.24) is 0 Å². The molecular formula is C12H15Cl2Hf-3. The fraction of sp³-hybridized carbons (Fsp3) is 0.417. The van der Waals surface area contributed by atoms with Crippen LogP contribution in [0.1, 0.15) is 29.5 Å². The van der Waals surface area contributed by atoms with Crippen molar-refractivity contribution < 1.29 is 50.7 Å². The molecule has 0 saturated heterocycles. The molecule has 0 radical (unpaired) electrons. The summed E-state index contributed by atoms with van der Waals surface area (Å²) in [4.78, 5) is 0. The van der Waals surface area contributed by atoms with Crippen molar-refractivity contribution in [3.8, 4) is 0 Å². The van der Waals surface area contributed by atoms with E-state index in [0.717, 1.165) is 6.42 Å². The summed E-state index contributed by atoms with van der Waals surface area (Å²) in [5, 5.41) is 0. The van der Waals surface area contributed by atoms with E-state index in [0.29, 0.717) is 0 Å². The molecule has 1 aliphatic rings. The molecule has 0 nitrogen and oxygen atoms in total. The van der Waals surface area contributed by atoms with Crippen molar-refractivity contribution in [2.75, 3.05) is 0 Å². The molecule has 2 rings (SSSR count). The third-order valence-corrected chi connectivity index (χ3v) is 2.65. The van der Waals surface area contributed by atoms with Gasteiger partial charge in [-0.1, -0.05) is 31.8 Å². The van der Waals surface area contributed by atoms with Crippen LogP contribution < -0.4 is 24.8 Å². The first-order valence-electron chi connectivity index (χ1n) is 4.78. The normalized spacial score (nSPS) is 12.5. The largest absolute Gasteiger partial charge is 1.00 e. The minimum Gasteiger partial charge on any atom is -1.00 e. The van der Waals surface area contributed by atoms with Gasteiger partial charge >= 0.3 is 0 Å². The molecule has 0 atom stereocenters. The van der Waals surface area contributed by atoms with Gasteiger partial charge in [0.2, 0.25) is 0 Å². The third-order valence-electron chi connectivity index (χ3n) is 2.65. The summed E-state index contributed by atoms with van der Waals surface area (Å²) < 4.78 is 0. The molecule has 0 saturated carbocycles. The van der Waals surface area contributed by atoms with Gasteiger partial charge in [0, 0.05) is 25.8 Å². The van der Waals surface area contributed by atoms with E-state index in [4.69, 9.17) is 0 Å². The Morgan fingerprint density at radius 3 is 2.53 bits per heavy atom. The van der Waals surface area contributed by atoms with Crippen LogP contribution in [0.5, 0.6) is 0 Å². The van der Waals surface area contributed by atoms with Crippen molar-refractivity contribution in [2.24, 2.45) is 0 Å². The van der Waals surface area contributed by atoms with E-state index >= 15 is 0 Å². The molecule has 1 aliphatic carbocycles. The van der Waals surface area contributed by atoms with Gasteiger partial charge in [-0.3, -0.25) is 0 Å². The average molecular weight is 409 g/mol. The van der Waals surface area contributed by atoms with Gasteiger partial charge in [0.05, 0.1) is 0 Å². The summed E-state index contributed by atoms with van der Waals surface area (Å²) in [6, 6.07) is 4.71. The third kappa shape index (κ3) is 4.50. The fourth-order valence-electron chi connectivity index (χ4n) is 2.06. The molecule has 84 valence electrons. The van der Waals surface area contributed by atoms with Crippen LogP contribution in [0.15, 0.2) is 24.8 Å². The van der Waals surface area contributed by atoms with Crippen LogP contribution in [-0.4, -0.2) is 0 Å². The topological polar surface area (TPSA) is 0 Å². The Morgan fingerprint density at radius 2 is 1.93 bits per heavy atom. The average Bonchev–Trinajstić information content (AvgIpc) is 2.47. The van der Waals surface area contributed by atoms with Gasteiger partial charge in [0.1, 0.15) is 0 Å². The van der Waals surface area contributed by atoms with E-state index < -0.39 is 0 Å². The predicted octanol–water partition coefficient (Wildman–Crippen LogP) is -2.98. The van der Waals surface area contributed by atoms with Crippen molar-refractivity contribution >= 4 is 0 Å². The Morgan fingerprint density at radius 1 is 1.27 bits per heavy atom. The van der Waals surface area contributed by atoms with Crippen LogP contribution in [-0.2, 0) is 45.1 Å². The zero-order valence-corrected chi connectivity index (χ0v) is 13.8. The number of halogens is 2. The summed E-state index contributed by atoms with van der Waals surface area (Å²) >= 11 is 0. The molecule has 0 amide bonds. The van der Waals surface area contributed by atoms with Gasteiger partial charge in [-0.05, 0) is 6.42 Å². The van der Waals surface area contributed by atoms with Crippen LogP contribution >= 0.6 is 0 Å². The molecule has 0 bridgehead atoms. The first-order chi connectivity index (χ1) is 5.90. The molecule has 0 heterocycles. The first-order valence-corrected chi connectivity index (χ1v) is 4.78. The standard InChI is InChI=1S/C12H15.2ClH.Hf/c1-2-5-10-8-11-6-3-4-7-12(11)9-10;;;/h2,8-9H,1,3-7H2;2*1H;/q-1;;;/p-2. The van der Waals surface area contributed by atoms with Crippen molar-refractivity contribution in [2.45, 2.75) is 32.1 Å². The maximum absolute atomic E-state index is 3.76. The van der Waals surface area contributed by atoms with Gasteiger partial charge in [-0.15, -0.1) is 6.58 Å². The van der Waals surface area contributed by atoms with E-state index in [9.17, 15) is 0 Å². The summed E-state index contributed by atoms with van der Waals surface area (Å²) in [6.45, 7) is 3.76. The maximum atomic E-state index is 3.76. The van der Waals surface area contributed by atoms with E-state index in [1.165, 1.54) is 31.2 Å². The molecule has 0 aliphatic heterocycles. The molecule has 0 fully saturated rings. The van der Waals surface area contributed by atoms with E-state index in [1.807, 2.05) is 6.08 Å². The minimum absolute atomic E-state index is 0. The summed E-state index contributed by atoms with van der Waals surface area (Å²) in [5.74, 6) is 0. The van der Waals surface area contributed by atoms with Crippen molar-refractivity contribution in [3.63, 3.8) is 0 Å². The van der Waals surface area contributed by atoms with E-state index in [1.54, 1.807) is 11.1 Å². The molecule has 0 unspecified atom stereocenters. The van der Waals surface area contributed by atoms with Crippen LogP contribution in [0.2, 0.25) is 0 Å². The number of fused-ring (bicyclic) bond motifs is 1. The van der Waals surface area contributed by atoms with Crippen LogP contribution in [0.3, 0.4) is 0 Å². The molecule has 15 heavy (non-hydrogen) atoms. The predicted molar refractivity (Wildman–Crippen MR) is 52.6 cm³/mol. The maximum Gasteiger partial charge on any atom is 0 e. The van der Waals surface area contributed by atoms with Gasteiger partial charge < -0.3 is 24.8 Å². The van der Waals surface area contributed by atoms with Gasteiger partial charge in [-0.2, -0.15) is 22.8 Å². The Labute approximate surface area is 123 Å². The Balaban J connectivity index is 0. The van der Waals surface area contributed by atoms with Crippen LogP contribution in [0.25, 0.3) is 0 Å². The van der Waals surface area contributed by atoms with Gasteiger partial charge in [0.25, 0.3) is 0 Å². The van der Waals surface area contributed by atoms with Crippen LogP contribution in [0, 0.1) is 0 Å². The molecule has 0 aromatic heterocycles. The molecule has 3 heteroatoms. The Bertz CT molecular complexity index is 268. The van der Waals surface area contributed by atoms with Crippen molar-refractivity contribution in [1.29, 1.82) is 0 Å².